The molecule has 0 aromatic heterocycles. The van der Waals surface area contributed by atoms with E-state index in [2.05, 4.69) is 5.32 Å². The summed E-state index contributed by atoms with van der Waals surface area (Å²) in [6, 6.07) is 0.00144. The van der Waals surface area contributed by atoms with E-state index in [1.165, 1.54) is 0 Å². The van der Waals surface area contributed by atoms with Crippen molar-refractivity contribution in [2.45, 2.75) is 51.5 Å². The van der Waals surface area contributed by atoms with Gasteiger partial charge in [-0.3, -0.25) is 9.59 Å². The van der Waals surface area contributed by atoms with Gasteiger partial charge in [-0.15, -0.1) is 0 Å². The fourth-order valence-electron chi connectivity index (χ4n) is 2.96. The average Bonchev–Trinajstić information content (AvgIpc) is 2.43. The van der Waals surface area contributed by atoms with Crippen molar-refractivity contribution in [3.05, 3.63) is 0 Å². The highest BCUT2D eigenvalue weighted by molar-refractivity contribution is 5.90. The first-order valence-electron chi connectivity index (χ1n) is 6.15. The Morgan fingerprint density at radius 1 is 1.50 bits per heavy atom. The molecule has 90 valence electrons. The Bertz CT molecular complexity index is 303. The molecular formula is C12H19NO3. The number of ether oxygens (including phenoxy) is 1. The lowest BCUT2D eigenvalue weighted by molar-refractivity contribution is -0.157. The van der Waals surface area contributed by atoms with Crippen molar-refractivity contribution >= 4 is 11.9 Å². The van der Waals surface area contributed by atoms with E-state index >= 15 is 0 Å². The smallest absolute Gasteiger partial charge is 0.314 e. The Balaban J connectivity index is 2.23. The summed E-state index contributed by atoms with van der Waals surface area (Å²) in [5, 5.41) is 2.94. The molecule has 0 spiro atoms. The van der Waals surface area contributed by atoms with Crippen molar-refractivity contribution in [1.29, 1.82) is 0 Å². The Morgan fingerprint density at radius 3 is 3.06 bits per heavy atom. The minimum atomic E-state index is -0.566. The molecule has 4 heteroatoms. The number of hydrogen-bond acceptors (Lipinski definition) is 3. The molecule has 0 bridgehead atoms. The van der Waals surface area contributed by atoms with Crippen molar-refractivity contribution in [3.63, 3.8) is 0 Å². The molecular weight excluding hydrogens is 206 g/mol. The molecule has 1 N–H and O–H groups in total. The van der Waals surface area contributed by atoms with Gasteiger partial charge in [0.15, 0.2) is 0 Å². The summed E-state index contributed by atoms with van der Waals surface area (Å²) in [5.41, 5.74) is -0.566. The maximum absolute atomic E-state index is 12.1. The van der Waals surface area contributed by atoms with E-state index in [4.69, 9.17) is 4.74 Å². The molecule has 0 aromatic carbocycles. The van der Waals surface area contributed by atoms with Gasteiger partial charge < -0.3 is 10.1 Å². The molecule has 1 aliphatic carbocycles. The van der Waals surface area contributed by atoms with Crippen LogP contribution in [0.5, 0.6) is 0 Å². The standard InChI is InChI=1S/C12H19NO3/c1-2-16-11(15)12-7-5-3-4-6-9(12)13-10(14)8-12/h9H,2-8H2,1H3,(H,13,14). The van der Waals surface area contributed by atoms with Gasteiger partial charge in [-0.1, -0.05) is 19.3 Å². The molecule has 2 fully saturated rings. The second-order valence-electron chi connectivity index (χ2n) is 4.77. The van der Waals surface area contributed by atoms with Crippen LogP contribution in [0.15, 0.2) is 0 Å². The van der Waals surface area contributed by atoms with Crippen molar-refractivity contribution in [1.82, 2.24) is 5.32 Å². The third kappa shape index (κ3) is 1.81. The molecule has 1 heterocycles. The first-order chi connectivity index (χ1) is 7.69. The molecule has 1 amide bonds. The van der Waals surface area contributed by atoms with Crippen molar-refractivity contribution in [2.75, 3.05) is 6.61 Å². The summed E-state index contributed by atoms with van der Waals surface area (Å²) >= 11 is 0. The van der Waals surface area contributed by atoms with Crippen LogP contribution in [0.1, 0.15) is 45.4 Å². The van der Waals surface area contributed by atoms with Gasteiger partial charge in [-0.05, 0) is 19.8 Å². The van der Waals surface area contributed by atoms with Crippen LogP contribution in [0.3, 0.4) is 0 Å². The van der Waals surface area contributed by atoms with Crippen LogP contribution in [-0.2, 0) is 14.3 Å². The average molecular weight is 225 g/mol. The molecule has 2 unspecified atom stereocenters. The lowest BCUT2D eigenvalue weighted by Gasteiger charge is -2.29. The topological polar surface area (TPSA) is 55.4 Å². The first kappa shape index (κ1) is 11.4. The van der Waals surface area contributed by atoms with E-state index in [0.717, 1.165) is 32.1 Å². The van der Waals surface area contributed by atoms with Crippen molar-refractivity contribution in [2.24, 2.45) is 5.41 Å². The van der Waals surface area contributed by atoms with E-state index in [0.29, 0.717) is 13.0 Å². The van der Waals surface area contributed by atoms with E-state index < -0.39 is 5.41 Å². The van der Waals surface area contributed by atoms with E-state index in [9.17, 15) is 9.59 Å². The maximum atomic E-state index is 12.1. The molecule has 0 aromatic rings. The van der Waals surface area contributed by atoms with Gasteiger partial charge in [-0.2, -0.15) is 0 Å². The predicted octanol–water partition coefficient (Wildman–Crippen LogP) is 1.39. The van der Waals surface area contributed by atoms with Gasteiger partial charge in [0, 0.05) is 12.5 Å². The molecule has 2 atom stereocenters. The van der Waals surface area contributed by atoms with Crippen LogP contribution >= 0.6 is 0 Å². The molecule has 1 saturated carbocycles. The second-order valence-corrected chi connectivity index (χ2v) is 4.77. The van der Waals surface area contributed by atoms with Gasteiger partial charge in [0.1, 0.15) is 0 Å². The van der Waals surface area contributed by atoms with E-state index in [1.807, 2.05) is 6.92 Å². The van der Waals surface area contributed by atoms with Crippen LogP contribution in [0.4, 0.5) is 0 Å². The highest BCUT2D eigenvalue weighted by atomic mass is 16.5. The number of nitrogens with one attached hydrogen (secondary N) is 1. The summed E-state index contributed by atoms with van der Waals surface area (Å²) in [7, 11) is 0. The zero-order valence-electron chi connectivity index (χ0n) is 9.75. The number of carbonyl (C=O) groups is 2. The van der Waals surface area contributed by atoms with Crippen LogP contribution in [-0.4, -0.2) is 24.5 Å². The predicted molar refractivity (Wildman–Crippen MR) is 58.7 cm³/mol. The fourth-order valence-corrected chi connectivity index (χ4v) is 2.96. The summed E-state index contributed by atoms with van der Waals surface area (Å²) in [6.45, 7) is 2.20. The molecule has 2 aliphatic rings. The molecule has 1 saturated heterocycles. The van der Waals surface area contributed by atoms with Crippen LogP contribution in [0.2, 0.25) is 0 Å². The third-order valence-corrected chi connectivity index (χ3v) is 3.78. The number of esters is 1. The Labute approximate surface area is 95.7 Å². The lowest BCUT2D eigenvalue weighted by atomic mass is 9.76. The van der Waals surface area contributed by atoms with Crippen LogP contribution in [0.25, 0.3) is 0 Å². The zero-order valence-corrected chi connectivity index (χ0v) is 9.75. The molecule has 2 rings (SSSR count). The second kappa shape index (κ2) is 4.44. The normalized spacial score (nSPS) is 33.8. The van der Waals surface area contributed by atoms with Gasteiger partial charge >= 0.3 is 5.97 Å². The Morgan fingerprint density at radius 2 is 2.31 bits per heavy atom. The number of hydrogen-bond donors (Lipinski definition) is 1. The van der Waals surface area contributed by atoms with Gasteiger partial charge in [0.25, 0.3) is 0 Å². The minimum absolute atomic E-state index is 0.0000435. The number of fused-ring (bicyclic) bond motifs is 1. The maximum Gasteiger partial charge on any atom is 0.314 e. The number of amides is 1. The highest BCUT2D eigenvalue weighted by Crippen LogP contribution is 2.43. The lowest BCUT2D eigenvalue weighted by Crippen LogP contribution is -2.43. The van der Waals surface area contributed by atoms with Crippen LogP contribution in [0, 0.1) is 5.41 Å². The fraction of sp³-hybridized carbons (Fsp3) is 0.833. The number of carbonyl (C=O) groups excluding carboxylic acids is 2. The molecule has 0 radical (unpaired) electrons. The molecule has 4 nitrogen and oxygen atoms in total. The zero-order chi connectivity index (χ0) is 11.6. The third-order valence-electron chi connectivity index (χ3n) is 3.78. The molecule has 1 aliphatic heterocycles. The minimum Gasteiger partial charge on any atom is -0.465 e. The highest BCUT2D eigenvalue weighted by Gasteiger charge is 2.53. The first-order valence-corrected chi connectivity index (χ1v) is 6.15. The quantitative estimate of drug-likeness (QED) is 0.722. The Kier molecular flexibility index (Phi) is 3.17. The summed E-state index contributed by atoms with van der Waals surface area (Å²) in [5.74, 6) is -0.180. The van der Waals surface area contributed by atoms with Crippen LogP contribution < -0.4 is 5.32 Å². The van der Waals surface area contributed by atoms with E-state index in [-0.39, 0.29) is 17.9 Å². The largest absolute Gasteiger partial charge is 0.465 e. The summed E-state index contributed by atoms with van der Waals surface area (Å²) < 4.78 is 5.16. The van der Waals surface area contributed by atoms with Gasteiger partial charge in [-0.25, -0.2) is 0 Å². The van der Waals surface area contributed by atoms with Crippen molar-refractivity contribution < 1.29 is 14.3 Å². The Hall–Kier alpha value is -1.06. The summed E-state index contributed by atoms with van der Waals surface area (Å²) in [4.78, 5) is 23.6. The van der Waals surface area contributed by atoms with Crippen molar-refractivity contribution in [3.8, 4) is 0 Å². The van der Waals surface area contributed by atoms with Gasteiger partial charge in [0.2, 0.25) is 5.91 Å². The SMILES string of the molecule is CCOC(=O)C12CCCCCC1NC(=O)C2. The summed E-state index contributed by atoms with van der Waals surface area (Å²) in [6.07, 6.45) is 5.26. The number of rotatable bonds is 2. The monoisotopic (exact) mass is 225 g/mol. The van der Waals surface area contributed by atoms with Gasteiger partial charge in [0.05, 0.1) is 12.0 Å². The molecule has 16 heavy (non-hydrogen) atoms. The van der Waals surface area contributed by atoms with E-state index in [1.54, 1.807) is 0 Å².